The van der Waals surface area contributed by atoms with Crippen LogP contribution >= 0.6 is 0 Å². The Labute approximate surface area is 147 Å². The molecule has 1 fully saturated rings. The fraction of sp³-hybridized carbons (Fsp3) is 0.421. The van der Waals surface area contributed by atoms with Crippen molar-refractivity contribution in [2.24, 2.45) is 0 Å². The molecule has 0 atom stereocenters. The van der Waals surface area contributed by atoms with Crippen molar-refractivity contribution in [3.05, 3.63) is 52.3 Å². The first-order valence-corrected chi connectivity index (χ1v) is 8.53. The van der Waals surface area contributed by atoms with E-state index < -0.39 is 5.97 Å². The number of aromatic carboxylic acids is 1. The summed E-state index contributed by atoms with van der Waals surface area (Å²) in [6.45, 7) is 7.08. The van der Waals surface area contributed by atoms with Gasteiger partial charge in [-0.05, 0) is 50.8 Å². The second-order valence-corrected chi connectivity index (χ2v) is 6.66. The van der Waals surface area contributed by atoms with Crippen LogP contribution in [0.2, 0.25) is 0 Å². The molecule has 1 amide bonds. The zero-order chi connectivity index (χ0) is 18.1. The second kappa shape index (κ2) is 6.70. The molecule has 0 unspecified atom stereocenters. The van der Waals surface area contributed by atoms with E-state index in [4.69, 9.17) is 5.11 Å². The van der Waals surface area contributed by atoms with E-state index in [1.54, 1.807) is 11.6 Å². The number of aromatic nitrogens is 2. The maximum atomic E-state index is 12.8. The molecule has 1 saturated heterocycles. The lowest BCUT2D eigenvalue weighted by atomic mass is 10.00. The summed E-state index contributed by atoms with van der Waals surface area (Å²) in [5, 5.41) is 13.4. The number of carbonyl (C=O) groups excluding carboxylic acids is 1. The Kier molecular flexibility index (Phi) is 4.61. The van der Waals surface area contributed by atoms with Crippen LogP contribution in [0.15, 0.2) is 24.4 Å². The van der Waals surface area contributed by atoms with E-state index in [2.05, 4.69) is 5.10 Å². The number of carbonyl (C=O) groups is 2. The highest BCUT2D eigenvalue weighted by Gasteiger charge is 2.27. The Hall–Kier alpha value is -2.63. The fourth-order valence-corrected chi connectivity index (χ4v) is 3.47. The average molecular weight is 341 g/mol. The Bertz CT molecular complexity index is 817. The number of aryl methyl sites for hydroxylation is 1. The van der Waals surface area contributed by atoms with Crippen LogP contribution in [-0.2, 0) is 0 Å². The highest BCUT2D eigenvalue weighted by Crippen LogP contribution is 2.26. The molecule has 1 aromatic carbocycles. The lowest BCUT2D eigenvalue weighted by molar-refractivity contribution is 0.0687. The van der Waals surface area contributed by atoms with Gasteiger partial charge >= 0.3 is 5.97 Å². The molecule has 3 rings (SSSR count). The number of hydrogen-bond donors (Lipinski definition) is 1. The molecule has 0 saturated carbocycles. The molecule has 0 aliphatic carbocycles. The van der Waals surface area contributed by atoms with Crippen molar-refractivity contribution < 1.29 is 14.7 Å². The smallest absolute Gasteiger partial charge is 0.339 e. The van der Waals surface area contributed by atoms with Crippen molar-refractivity contribution in [3.63, 3.8) is 0 Å². The molecule has 132 valence electrons. The molecule has 25 heavy (non-hydrogen) atoms. The lowest BCUT2D eigenvalue weighted by Crippen LogP contribution is -2.39. The van der Waals surface area contributed by atoms with Gasteiger partial charge < -0.3 is 10.0 Å². The normalized spacial score (nSPS) is 15.4. The Morgan fingerprint density at radius 1 is 1.12 bits per heavy atom. The third-order valence-corrected chi connectivity index (χ3v) is 5.21. The van der Waals surface area contributed by atoms with E-state index in [9.17, 15) is 9.59 Å². The predicted molar refractivity (Wildman–Crippen MR) is 94.0 cm³/mol. The number of nitrogens with zero attached hydrogens (tertiary/aromatic N) is 3. The summed E-state index contributed by atoms with van der Waals surface area (Å²) in [5.74, 6) is -0.880. The lowest BCUT2D eigenvalue weighted by Gasteiger charge is -2.33. The molecular weight excluding hydrogens is 318 g/mol. The number of piperidine rings is 1. The highest BCUT2D eigenvalue weighted by atomic mass is 16.4. The monoisotopic (exact) mass is 341 g/mol. The molecular formula is C19H23N3O3. The molecule has 1 N–H and O–H groups in total. The van der Waals surface area contributed by atoms with E-state index in [1.165, 1.54) is 6.20 Å². The van der Waals surface area contributed by atoms with Crippen LogP contribution in [-0.4, -0.2) is 44.8 Å². The Balaban J connectivity index is 1.71. The van der Waals surface area contributed by atoms with Crippen LogP contribution < -0.4 is 0 Å². The van der Waals surface area contributed by atoms with Crippen LogP contribution in [0.25, 0.3) is 0 Å². The van der Waals surface area contributed by atoms with Crippen molar-refractivity contribution in [1.29, 1.82) is 0 Å². The molecule has 1 aliphatic rings. The molecule has 2 heterocycles. The fourth-order valence-electron chi connectivity index (χ4n) is 3.47. The van der Waals surface area contributed by atoms with Crippen molar-refractivity contribution in [2.75, 3.05) is 13.1 Å². The number of amides is 1. The number of hydrogen-bond acceptors (Lipinski definition) is 3. The Morgan fingerprint density at radius 3 is 2.40 bits per heavy atom. The summed E-state index contributed by atoms with van der Waals surface area (Å²) in [4.78, 5) is 25.9. The van der Waals surface area contributed by atoms with E-state index in [0.717, 1.165) is 29.5 Å². The molecule has 0 bridgehead atoms. The molecule has 6 nitrogen and oxygen atoms in total. The number of likely N-dealkylation sites (tertiary alicyclic amines) is 1. The molecule has 6 heteroatoms. The van der Waals surface area contributed by atoms with Gasteiger partial charge in [0.2, 0.25) is 0 Å². The second-order valence-electron chi connectivity index (χ2n) is 6.66. The topological polar surface area (TPSA) is 75.4 Å². The molecule has 1 aliphatic heterocycles. The first kappa shape index (κ1) is 17.2. The van der Waals surface area contributed by atoms with Crippen LogP contribution in [0.1, 0.15) is 56.4 Å². The van der Waals surface area contributed by atoms with Crippen molar-refractivity contribution in [2.45, 2.75) is 39.7 Å². The summed E-state index contributed by atoms with van der Waals surface area (Å²) in [6, 6.07) is 5.95. The van der Waals surface area contributed by atoms with Crippen LogP contribution in [0.5, 0.6) is 0 Å². The third-order valence-electron chi connectivity index (χ3n) is 5.21. The minimum Gasteiger partial charge on any atom is -0.478 e. The maximum absolute atomic E-state index is 12.8. The van der Waals surface area contributed by atoms with Gasteiger partial charge in [-0.15, -0.1) is 0 Å². The van der Waals surface area contributed by atoms with Crippen LogP contribution in [0.4, 0.5) is 0 Å². The standard InChI is InChI=1S/C19H23N3O3/c1-12-5-4-6-16(13(12)2)18(23)21-9-7-15(8-10-21)22-14(3)17(11-20-22)19(24)25/h4-6,11,15H,7-10H2,1-3H3,(H,24,25). The number of rotatable bonds is 3. The minimum atomic E-state index is -0.953. The summed E-state index contributed by atoms with van der Waals surface area (Å²) < 4.78 is 1.79. The summed E-state index contributed by atoms with van der Waals surface area (Å²) >= 11 is 0. The van der Waals surface area contributed by atoms with Gasteiger partial charge in [0.05, 0.1) is 17.9 Å². The van der Waals surface area contributed by atoms with Gasteiger partial charge in [0.25, 0.3) is 5.91 Å². The first-order chi connectivity index (χ1) is 11.9. The van der Waals surface area contributed by atoms with Gasteiger partial charge in [-0.3, -0.25) is 9.48 Å². The van der Waals surface area contributed by atoms with Crippen molar-refractivity contribution in [1.82, 2.24) is 14.7 Å². The van der Waals surface area contributed by atoms with Gasteiger partial charge in [-0.2, -0.15) is 5.10 Å². The first-order valence-electron chi connectivity index (χ1n) is 8.53. The zero-order valence-corrected chi connectivity index (χ0v) is 14.8. The highest BCUT2D eigenvalue weighted by molar-refractivity contribution is 5.96. The van der Waals surface area contributed by atoms with E-state index in [0.29, 0.717) is 18.8 Å². The summed E-state index contributed by atoms with van der Waals surface area (Å²) in [6.07, 6.45) is 2.96. The minimum absolute atomic E-state index is 0.0723. The van der Waals surface area contributed by atoms with Crippen molar-refractivity contribution >= 4 is 11.9 Å². The average Bonchev–Trinajstić information content (AvgIpc) is 2.98. The number of carboxylic acid groups (broad SMARTS) is 1. The summed E-state index contributed by atoms with van der Waals surface area (Å²) in [7, 11) is 0. The van der Waals surface area contributed by atoms with E-state index in [-0.39, 0.29) is 17.5 Å². The van der Waals surface area contributed by atoms with Crippen molar-refractivity contribution in [3.8, 4) is 0 Å². The largest absolute Gasteiger partial charge is 0.478 e. The molecule has 0 spiro atoms. The summed E-state index contributed by atoms with van der Waals surface area (Å²) in [5.41, 5.74) is 3.83. The van der Waals surface area contributed by atoms with E-state index >= 15 is 0 Å². The Morgan fingerprint density at radius 2 is 1.80 bits per heavy atom. The quantitative estimate of drug-likeness (QED) is 0.931. The van der Waals surface area contributed by atoms with Gasteiger partial charge in [0.15, 0.2) is 0 Å². The SMILES string of the molecule is Cc1cccc(C(=O)N2CCC(n3ncc(C(=O)O)c3C)CC2)c1C. The van der Waals surface area contributed by atoms with Gasteiger partial charge in [0.1, 0.15) is 5.56 Å². The predicted octanol–water partition coefficient (Wildman–Crippen LogP) is 2.98. The number of carboxylic acids is 1. The molecule has 2 aromatic rings. The van der Waals surface area contributed by atoms with E-state index in [1.807, 2.05) is 36.9 Å². The zero-order valence-electron chi connectivity index (χ0n) is 14.8. The van der Waals surface area contributed by atoms with Crippen LogP contribution in [0, 0.1) is 20.8 Å². The van der Waals surface area contributed by atoms with Gasteiger partial charge in [0, 0.05) is 18.7 Å². The third kappa shape index (κ3) is 3.16. The van der Waals surface area contributed by atoms with Crippen LogP contribution in [0.3, 0.4) is 0 Å². The maximum Gasteiger partial charge on any atom is 0.339 e. The van der Waals surface area contributed by atoms with Gasteiger partial charge in [-0.1, -0.05) is 12.1 Å². The van der Waals surface area contributed by atoms with Gasteiger partial charge in [-0.25, -0.2) is 4.79 Å². The number of benzene rings is 1. The molecule has 0 radical (unpaired) electrons. The molecule has 1 aromatic heterocycles.